The van der Waals surface area contributed by atoms with Gasteiger partial charge in [-0.3, -0.25) is 4.79 Å². The first-order valence-electron chi connectivity index (χ1n) is 7.75. The molecule has 1 atom stereocenters. The Kier molecular flexibility index (Phi) is 4.31. The summed E-state index contributed by atoms with van der Waals surface area (Å²) in [6, 6.07) is 15.2. The van der Waals surface area contributed by atoms with E-state index >= 15 is 0 Å². The highest BCUT2D eigenvalue weighted by Crippen LogP contribution is 2.39. The number of halogens is 1. The minimum atomic E-state index is -0.299. The van der Waals surface area contributed by atoms with E-state index in [0.29, 0.717) is 11.4 Å². The SMILES string of the molecule is CC1(C)C[C@@H](NC(=O)Cc2ccc(Cl)cc2)c2ccccc2O1. The van der Waals surface area contributed by atoms with Crippen LogP contribution in [0.2, 0.25) is 5.02 Å². The van der Waals surface area contributed by atoms with E-state index in [1.165, 1.54) is 0 Å². The third-order valence-corrected chi connectivity index (χ3v) is 4.24. The third kappa shape index (κ3) is 3.85. The molecule has 0 saturated carbocycles. The van der Waals surface area contributed by atoms with Gasteiger partial charge in [-0.15, -0.1) is 0 Å². The fourth-order valence-electron chi connectivity index (χ4n) is 2.96. The molecule has 0 spiro atoms. The van der Waals surface area contributed by atoms with Crippen molar-refractivity contribution < 1.29 is 9.53 Å². The predicted molar refractivity (Wildman–Crippen MR) is 91.8 cm³/mol. The number of para-hydroxylation sites is 1. The van der Waals surface area contributed by atoms with Gasteiger partial charge in [-0.1, -0.05) is 41.9 Å². The highest BCUT2D eigenvalue weighted by Gasteiger charge is 2.34. The number of nitrogens with one attached hydrogen (secondary N) is 1. The van der Waals surface area contributed by atoms with Crippen molar-refractivity contribution in [1.82, 2.24) is 5.32 Å². The second-order valence-electron chi connectivity index (χ2n) is 6.53. The van der Waals surface area contributed by atoms with Gasteiger partial charge in [0.15, 0.2) is 0 Å². The molecule has 0 radical (unpaired) electrons. The predicted octanol–water partition coefficient (Wildman–Crippen LogP) is 4.30. The molecule has 0 saturated heterocycles. The zero-order chi connectivity index (χ0) is 16.4. The van der Waals surface area contributed by atoms with E-state index in [1.54, 1.807) is 12.1 Å². The van der Waals surface area contributed by atoms with Crippen molar-refractivity contribution in [2.24, 2.45) is 0 Å². The Balaban J connectivity index is 1.74. The molecule has 3 nitrogen and oxygen atoms in total. The Morgan fingerprint density at radius 1 is 1.22 bits per heavy atom. The van der Waals surface area contributed by atoms with E-state index in [1.807, 2.05) is 50.2 Å². The van der Waals surface area contributed by atoms with Gasteiger partial charge in [-0.2, -0.15) is 0 Å². The molecular formula is C19H20ClNO2. The summed E-state index contributed by atoms with van der Waals surface area (Å²) in [5, 5.41) is 3.82. The lowest BCUT2D eigenvalue weighted by molar-refractivity contribution is -0.121. The summed E-state index contributed by atoms with van der Waals surface area (Å²) >= 11 is 5.88. The van der Waals surface area contributed by atoms with Crippen molar-refractivity contribution in [3.8, 4) is 5.75 Å². The van der Waals surface area contributed by atoms with Crippen molar-refractivity contribution in [3.05, 3.63) is 64.7 Å². The Bertz CT molecular complexity index is 710. The maximum absolute atomic E-state index is 12.4. The number of hydrogen-bond donors (Lipinski definition) is 1. The molecule has 0 bridgehead atoms. The van der Waals surface area contributed by atoms with E-state index < -0.39 is 0 Å². The lowest BCUT2D eigenvalue weighted by Gasteiger charge is -2.37. The minimum Gasteiger partial charge on any atom is -0.487 e. The van der Waals surface area contributed by atoms with Crippen LogP contribution >= 0.6 is 11.6 Å². The summed E-state index contributed by atoms with van der Waals surface area (Å²) in [6.07, 6.45) is 1.09. The second-order valence-corrected chi connectivity index (χ2v) is 6.96. The molecule has 1 heterocycles. The fourth-order valence-corrected chi connectivity index (χ4v) is 3.09. The van der Waals surface area contributed by atoms with Gasteiger partial charge in [0, 0.05) is 17.0 Å². The number of fused-ring (bicyclic) bond motifs is 1. The molecule has 4 heteroatoms. The smallest absolute Gasteiger partial charge is 0.224 e. The number of benzene rings is 2. The number of ether oxygens (including phenoxy) is 1. The number of amides is 1. The Morgan fingerprint density at radius 2 is 1.91 bits per heavy atom. The van der Waals surface area contributed by atoms with Gasteiger partial charge < -0.3 is 10.1 Å². The van der Waals surface area contributed by atoms with Gasteiger partial charge in [-0.05, 0) is 37.6 Å². The monoisotopic (exact) mass is 329 g/mol. The van der Waals surface area contributed by atoms with Crippen LogP contribution in [0.25, 0.3) is 0 Å². The first-order chi connectivity index (χ1) is 10.9. The average Bonchev–Trinajstić information content (AvgIpc) is 2.48. The summed E-state index contributed by atoms with van der Waals surface area (Å²) in [4.78, 5) is 12.4. The second kappa shape index (κ2) is 6.25. The molecule has 23 heavy (non-hydrogen) atoms. The molecule has 0 aromatic heterocycles. The zero-order valence-electron chi connectivity index (χ0n) is 13.3. The molecule has 1 aliphatic heterocycles. The summed E-state index contributed by atoms with van der Waals surface area (Å²) in [5.74, 6) is 0.852. The normalized spacial score (nSPS) is 18.7. The van der Waals surface area contributed by atoms with Crippen molar-refractivity contribution in [2.75, 3.05) is 0 Å². The molecule has 1 N–H and O–H groups in total. The van der Waals surface area contributed by atoms with Gasteiger partial charge in [0.05, 0.1) is 12.5 Å². The molecule has 2 aromatic rings. The van der Waals surface area contributed by atoms with Crippen LogP contribution in [0.4, 0.5) is 0 Å². The van der Waals surface area contributed by atoms with Crippen LogP contribution in [0.3, 0.4) is 0 Å². The number of rotatable bonds is 3. The van der Waals surface area contributed by atoms with Gasteiger partial charge in [-0.25, -0.2) is 0 Å². The Hall–Kier alpha value is -2.00. The molecule has 120 valence electrons. The van der Waals surface area contributed by atoms with Crippen LogP contribution in [0.1, 0.15) is 37.4 Å². The number of hydrogen-bond acceptors (Lipinski definition) is 2. The van der Waals surface area contributed by atoms with E-state index in [4.69, 9.17) is 16.3 Å². The Labute approximate surface area is 141 Å². The summed E-state index contributed by atoms with van der Waals surface area (Å²) in [6.45, 7) is 4.09. The van der Waals surface area contributed by atoms with Crippen LogP contribution in [0.5, 0.6) is 5.75 Å². The van der Waals surface area contributed by atoms with Crippen LogP contribution < -0.4 is 10.1 Å². The molecule has 3 rings (SSSR count). The first-order valence-corrected chi connectivity index (χ1v) is 8.12. The van der Waals surface area contributed by atoms with Gasteiger partial charge >= 0.3 is 0 Å². The summed E-state index contributed by atoms with van der Waals surface area (Å²) in [5.41, 5.74) is 1.69. The van der Waals surface area contributed by atoms with Crippen LogP contribution in [-0.2, 0) is 11.2 Å². The highest BCUT2D eigenvalue weighted by molar-refractivity contribution is 6.30. The molecule has 1 aliphatic rings. The molecule has 0 aliphatic carbocycles. The van der Waals surface area contributed by atoms with E-state index in [2.05, 4.69) is 5.32 Å². The van der Waals surface area contributed by atoms with Crippen LogP contribution in [0.15, 0.2) is 48.5 Å². The summed E-state index contributed by atoms with van der Waals surface area (Å²) in [7, 11) is 0. The average molecular weight is 330 g/mol. The number of carbonyl (C=O) groups excluding carboxylic acids is 1. The minimum absolute atomic E-state index is 0.00447. The fraction of sp³-hybridized carbons (Fsp3) is 0.316. The molecule has 2 aromatic carbocycles. The lowest BCUT2D eigenvalue weighted by Crippen LogP contribution is -2.41. The molecule has 0 unspecified atom stereocenters. The quantitative estimate of drug-likeness (QED) is 0.911. The van der Waals surface area contributed by atoms with Crippen molar-refractivity contribution in [1.29, 1.82) is 0 Å². The standard InChI is InChI=1S/C19H20ClNO2/c1-19(2)12-16(15-5-3-4-6-17(15)23-19)21-18(22)11-13-7-9-14(20)10-8-13/h3-10,16H,11-12H2,1-2H3,(H,21,22)/t16-/m1/s1. The van der Waals surface area contributed by atoms with Gasteiger partial charge in [0.25, 0.3) is 0 Å². The van der Waals surface area contributed by atoms with Crippen molar-refractivity contribution >= 4 is 17.5 Å². The maximum Gasteiger partial charge on any atom is 0.224 e. The maximum atomic E-state index is 12.4. The van der Waals surface area contributed by atoms with E-state index in [-0.39, 0.29) is 17.6 Å². The van der Waals surface area contributed by atoms with Crippen LogP contribution in [-0.4, -0.2) is 11.5 Å². The van der Waals surface area contributed by atoms with E-state index in [0.717, 1.165) is 23.3 Å². The number of carbonyl (C=O) groups is 1. The zero-order valence-corrected chi connectivity index (χ0v) is 14.1. The van der Waals surface area contributed by atoms with Crippen molar-refractivity contribution in [3.63, 3.8) is 0 Å². The highest BCUT2D eigenvalue weighted by atomic mass is 35.5. The topological polar surface area (TPSA) is 38.3 Å². The summed E-state index contributed by atoms with van der Waals surface area (Å²) < 4.78 is 6.00. The largest absolute Gasteiger partial charge is 0.487 e. The lowest BCUT2D eigenvalue weighted by atomic mass is 9.89. The van der Waals surface area contributed by atoms with Crippen LogP contribution in [0, 0.1) is 0 Å². The first kappa shape index (κ1) is 15.9. The van der Waals surface area contributed by atoms with Crippen molar-refractivity contribution in [2.45, 2.75) is 38.3 Å². The molecule has 1 amide bonds. The van der Waals surface area contributed by atoms with Gasteiger partial charge in [0.2, 0.25) is 5.91 Å². The third-order valence-electron chi connectivity index (χ3n) is 3.99. The molecule has 0 fully saturated rings. The van der Waals surface area contributed by atoms with Gasteiger partial charge in [0.1, 0.15) is 11.4 Å². The molecular weight excluding hydrogens is 310 g/mol. The Morgan fingerprint density at radius 3 is 2.65 bits per heavy atom. The van der Waals surface area contributed by atoms with E-state index in [9.17, 15) is 4.79 Å².